The number of hydrogen-bond donors (Lipinski definition) is 0. The molecule has 1 spiro atoms. The predicted molar refractivity (Wildman–Crippen MR) is 93.0 cm³/mol. The van der Waals surface area contributed by atoms with Gasteiger partial charge in [0.05, 0.1) is 6.61 Å². The van der Waals surface area contributed by atoms with Crippen LogP contribution in [0, 0.1) is 0 Å². The highest BCUT2D eigenvalue weighted by molar-refractivity contribution is 5.77. The Bertz CT molecular complexity index is 847. The van der Waals surface area contributed by atoms with Crippen molar-refractivity contribution in [1.82, 2.24) is 0 Å². The number of ether oxygens (including phenoxy) is 1. The first-order valence-corrected chi connectivity index (χ1v) is 8.80. The van der Waals surface area contributed by atoms with Crippen molar-refractivity contribution < 1.29 is 9.15 Å². The van der Waals surface area contributed by atoms with E-state index in [-0.39, 0.29) is 5.60 Å². The molecule has 2 heterocycles. The zero-order valence-corrected chi connectivity index (χ0v) is 13.4. The summed E-state index contributed by atoms with van der Waals surface area (Å²) in [6, 6.07) is 21.1. The zero-order valence-electron chi connectivity index (χ0n) is 13.4. The number of epoxide rings is 1. The van der Waals surface area contributed by atoms with Gasteiger partial charge in [-0.3, -0.25) is 0 Å². The molecule has 1 saturated heterocycles. The third-order valence-corrected chi connectivity index (χ3v) is 6.15. The van der Waals surface area contributed by atoms with E-state index in [0.717, 1.165) is 18.1 Å². The molecular weight excluding hydrogens is 296 g/mol. The van der Waals surface area contributed by atoms with Gasteiger partial charge in [-0.05, 0) is 12.8 Å². The Hall–Kier alpha value is -2.32. The van der Waals surface area contributed by atoms with Gasteiger partial charge in [0.15, 0.2) is 0 Å². The lowest BCUT2D eigenvalue weighted by Gasteiger charge is -2.12. The summed E-state index contributed by atoms with van der Waals surface area (Å²) in [5.41, 5.74) is 5.30. The molecule has 2 heteroatoms. The Morgan fingerprint density at radius 3 is 1.58 bits per heavy atom. The molecule has 118 valence electrons. The molecule has 2 aromatic carbocycles. The van der Waals surface area contributed by atoms with E-state index >= 15 is 0 Å². The van der Waals surface area contributed by atoms with Gasteiger partial charge in [0.25, 0.3) is 0 Å². The topological polar surface area (TPSA) is 25.7 Å². The van der Waals surface area contributed by atoms with Gasteiger partial charge < -0.3 is 9.15 Å². The molecule has 24 heavy (non-hydrogen) atoms. The largest absolute Gasteiger partial charge is 0.455 e. The molecule has 3 aliphatic rings. The molecule has 2 bridgehead atoms. The number of furan rings is 1. The van der Waals surface area contributed by atoms with E-state index in [2.05, 4.69) is 60.7 Å². The molecule has 3 aromatic rings. The maximum absolute atomic E-state index is 6.51. The second kappa shape index (κ2) is 4.40. The number of rotatable bonds is 2. The monoisotopic (exact) mass is 314 g/mol. The van der Waals surface area contributed by atoms with E-state index in [0.29, 0.717) is 11.8 Å². The van der Waals surface area contributed by atoms with Crippen molar-refractivity contribution in [3.63, 3.8) is 0 Å². The van der Waals surface area contributed by atoms with Crippen LogP contribution in [-0.4, -0.2) is 12.2 Å². The van der Waals surface area contributed by atoms with Crippen molar-refractivity contribution in [2.24, 2.45) is 0 Å². The Balaban J connectivity index is 1.64. The normalized spacial score (nSPS) is 29.2. The van der Waals surface area contributed by atoms with Crippen molar-refractivity contribution in [3.05, 3.63) is 71.8 Å². The maximum Gasteiger partial charge on any atom is 0.138 e. The highest BCUT2D eigenvalue weighted by Gasteiger charge is 2.68. The summed E-state index contributed by atoms with van der Waals surface area (Å²) >= 11 is 0. The van der Waals surface area contributed by atoms with Crippen LogP contribution < -0.4 is 0 Å². The number of hydrogen-bond acceptors (Lipinski definition) is 2. The van der Waals surface area contributed by atoms with E-state index in [1.807, 2.05) is 0 Å². The Morgan fingerprint density at radius 1 is 0.708 bits per heavy atom. The number of benzene rings is 2. The molecule has 0 N–H and O–H groups in total. The van der Waals surface area contributed by atoms with Gasteiger partial charge in [-0.25, -0.2) is 0 Å². The van der Waals surface area contributed by atoms with Crippen molar-refractivity contribution >= 4 is 0 Å². The van der Waals surface area contributed by atoms with Crippen molar-refractivity contribution in [2.75, 3.05) is 6.61 Å². The highest BCUT2D eigenvalue weighted by atomic mass is 16.6. The van der Waals surface area contributed by atoms with Crippen LogP contribution >= 0.6 is 0 Å². The summed E-state index contributed by atoms with van der Waals surface area (Å²) in [4.78, 5) is 0. The zero-order chi connectivity index (χ0) is 15.7. The van der Waals surface area contributed by atoms with Gasteiger partial charge in [-0.15, -0.1) is 0 Å². The molecule has 1 aliphatic heterocycles. The second-order valence-electron chi connectivity index (χ2n) is 7.25. The molecule has 0 amide bonds. The smallest absolute Gasteiger partial charge is 0.138 e. The lowest BCUT2D eigenvalue weighted by atomic mass is 9.89. The highest BCUT2D eigenvalue weighted by Crippen LogP contribution is 2.70. The summed E-state index contributed by atoms with van der Waals surface area (Å²) < 4.78 is 12.5. The van der Waals surface area contributed by atoms with Crippen LogP contribution in [0.15, 0.2) is 65.1 Å². The number of fused-ring (bicyclic) bond motifs is 3. The van der Waals surface area contributed by atoms with Gasteiger partial charge in [0.1, 0.15) is 17.1 Å². The van der Waals surface area contributed by atoms with Crippen molar-refractivity contribution in [2.45, 2.75) is 30.3 Å². The first kappa shape index (κ1) is 13.0. The van der Waals surface area contributed by atoms with E-state index in [1.165, 1.54) is 35.1 Å². The van der Waals surface area contributed by atoms with Gasteiger partial charge >= 0.3 is 0 Å². The molecule has 6 rings (SSSR count). The molecular formula is C22H18O2. The average Bonchev–Trinajstić information content (AvgIpc) is 3.14. The van der Waals surface area contributed by atoms with Crippen LogP contribution in [-0.2, 0) is 4.74 Å². The van der Waals surface area contributed by atoms with Crippen LogP contribution in [0.2, 0.25) is 0 Å². The fourth-order valence-electron chi connectivity index (χ4n) is 5.08. The van der Waals surface area contributed by atoms with E-state index < -0.39 is 0 Å². The Morgan fingerprint density at radius 2 is 1.17 bits per heavy atom. The summed E-state index contributed by atoms with van der Waals surface area (Å²) in [5, 5.41) is 0. The van der Waals surface area contributed by atoms with E-state index in [9.17, 15) is 0 Å². The predicted octanol–water partition coefficient (Wildman–Crippen LogP) is 5.36. The van der Waals surface area contributed by atoms with Crippen molar-refractivity contribution in [1.29, 1.82) is 0 Å². The quantitative estimate of drug-likeness (QED) is 0.595. The molecule has 1 aromatic heterocycles. The van der Waals surface area contributed by atoms with E-state index in [1.54, 1.807) is 0 Å². The maximum atomic E-state index is 6.51. The lowest BCUT2D eigenvalue weighted by Crippen LogP contribution is -2.14. The third kappa shape index (κ3) is 1.50. The third-order valence-electron chi connectivity index (χ3n) is 6.15. The Kier molecular flexibility index (Phi) is 2.39. The van der Waals surface area contributed by atoms with Gasteiger partial charge in [-0.1, -0.05) is 60.7 Å². The van der Waals surface area contributed by atoms with Gasteiger partial charge in [-0.2, -0.15) is 0 Å². The molecule has 2 aliphatic carbocycles. The summed E-state index contributed by atoms with van der Waals surface area (Å²) in [6.45, 7) is 0.916. The first-order valence-electron chi connectivity index (χ1n) is 8.80. The SMILES string of the molecule is c1ccc(-c2oc(-c3ccccc3)c3c2C2CCC3C23CO3)cc1. The fourth-order valence-corrected chi connectivity index (χ4v) is 5.08. The molecule has 2 unspecified atom stereocenters. The fraction of sp³-hybridized carbons (Fsp3) is 0.273. The average molecular weight is 314 g/mol. The van der Waals surface area contributed by atoms with Crippen LogP contribution in [0.3, 0.4) is 0 Å². The van der Waals surface area contributed by atoms with Crippen LogP contribution in [0.25, 0.3) is 22.6 Å². The minimum Gasteiger partial charge on any atom is -0.455 e. The lowest BCUT2D eigenvalue weighted by molar-refractivity contribution is 0.280. The van der Waals surface area contributed by atoms with Crippen LogP contribution in [0.5, 0.6) is 0 Å². The summed E-state index contributed by atoms with van der Waals surface area (Å²) in [5.74, 6) is 3.14. The van der Waals surface area contributed by atoms with Crippen LogP contribution in [0.1, 0.15) is 35.8 Å². The minimum atomic E-state index is 0.0918. The van der Waals surface area contributed by atoms with Gasteiger partial charge in [0, 0.05) is 34.1 Å². The standard InChI is InChI=1S/C22H18O2/c1-3-7-14(8-4-1)20-18-16-11-12-17(22(16)13-23-22)19(18)21(24-20)15-9-5-2-6-10-15/h1-10,16-17H,11-13H2. The molecule has 1 saturated carbocycles. The molecule has 2 atom stereocenters. The van der Waals surface area contributed by atoms with Crippen LogP contribution in [0.4, 0.5) is 0 Å². The van der Waals surface area contributed by atoms with Crippen molar-refractivity contribution in [3.8, 4) is 22.6 Å². The van der Waals surface area contributed by atoms with E-state index in [4.69, 9.17) is 9.15 Å². The molecule has 2 nitrogen and oxygen atoms in total. The minimum absolute atomic E-state index is 0.0918. The summed E-state index contributed by atoms with van der Waals surface area (Å²) in [7, 11) is 0. The van der Waals surface area contributed by atoms with Gasteiger partial charge in [0.2, 0.25) is 0 Å². The molecule has 2 fully saturated rings. The summed E-state index contributed by atoms with van der Waals surface area (Å²) in [6.07, 6.45) is 2.45. The first-order chi connectivity index (χ1) is 11.9. The Labute approximate surface area is 141 Å². The molecule has 0 radical (unpaired) electrons. The second-order valence-corrected chi connectivity index (χ2v) is 7.25.